The predicted octanol–water partition coefficient (Wildman–Crippen LogP) is 8.66. The van der Waals surface area contributed by atoms with E-state index in [9.17, 15) is 9.59 Å². The van der Waals surface area contributed by atoms with Crippen molar-refractivity contribution in [1.82, 2.24) is 14.9 Å². The molecule has 0 fully saturated rings. The van der Waals surface area contributed by atoms with Crippen LogP contribution >= 0.6 is 0 Å². The van der Waals surface area contributed by atoms with Gasteiger partial charge in [0, 0.05) is 50.3 Å². The van der Waals surface area contributed by atoms with Crippen molar-refractivity contribution in [2.75, 3.05) is 27.2 Å². The van der Waals surface area contributed by atoms with E-state index >= 15 is 0 Å². The fourth-order valence-corrected chi connectivity index (χ4v) is 6.54. The van der Waals surface area contributed by atoms with Gasteiger partial charge in [0.2, 0.25) is 0 Å². The Bertz CT molecular complexity index is 1280. The van der Waals surface area contributed by atoms with Gasteiger partial charge in [-0.05, 0) is 80.7 Å². The highest BCUT2D eigenvalue weighted by Gasteiger charge is 2.36. The van der Waals surface area contributed by atoms with Gasteiger partial charge in [-0.25, -0.2) is 15.0 Å². The third-order valence-corrected chi connectivity index (χ3v) is 9.64. The molecule has 0 bridgehead atoms. The molecule has 6 heteroatoms. The van der Waals surface area contributed by atoms with E-state index in [1.54, 1.807) is 19.1 Å². The number of carbonyl (C=O) groups is 2. The van der Waals surface area contributed by atoms with Crippen LogP contribution in [-0.2, 0) is 9.59 Å². The van der Waals surface area contributed by atoms with Crippen LogP contribution in [0.15, 0.2) is 51.6 Å². The summed E-state index contributed by atoms with van der Waals surface area (Å²) < 4.78 is 0. The first-order chi connectivity index (χ1) is 21.0. The minimum absolute atomic E-state index is 0.261. The van der Waals surface area contributed by atoms with E-state index in [0.29, 0.717) is 29.4 Å². The van der Waals surface area contributed by atoms with Crippen LogP contribution in [0.25, 0.3) is 5.70 Å². The molecule has 44 heavy (non-hydrogen) atoms. The van der Waals surface area contributed by atoms with Crippen molar-refractivity contribution in [3.8, 4) is 0 Å². The van der Waals surface area contributed by atoms with Crippen LogP contribution in [0.4, 0.5) is 0 Å². The molecule has 2 atom stereocenters. The second-order valence-corrected chi connectivity index (χ2v) is 13.2. The van der Waals surface area contributed by atoms with Gasteiger partial charge in [-0.3, -0.25) is 9.59 Å². The van der Waals surface area contributed by atoms with Crippen molar-refractivity contribution >= 4 is 23.3 Å². The largest absolute Gasteiger partial charge is 0.359 e. The highest BCUT2D eigenvalue weighted by molar-refractivity contribution is 6.16. The Labute approximate surface area is 267 Å². The molecule has 2 heterocycles. The lowest BCUT2D eigenvalue weighted by Gasteiger charge is -2.33. The van der Waals surface area contributed by atoms with Crippen LogP contribution in [0.5, 0.6) is 0 Å². The van der Waals surface area contributed by atoms with Gasteiger partial charge in [-0.2, -0.15) is 0 Å². The Morgan fingerprint density at radius 1 is 0.841 bits per heavy atom. The maximum Gasteiger partial charge on any atom is 0.275 e. The van der Waals surface area contributed by atoms with E-state index in [4.69, 9.17) is 4.99 Å². The minimum atomic E-state index is -0.280. The number of hydrogen-bond acceptors (Lipinski definition) is 5. The summed E-state index contributed by atoms with van der Waals surface area (Å²) in [5, 5.41) is 2.82. The highest BCUT2D eigenvalue weighted by Crippen LogP contribution is 2.37. The second-order valence-electron chi connectivity index (χ2n) is 13.2. The maximum atomic E-state index is 13.8. The smallest absolute Gasteiger partial charge is 0.275 e. The molecule has 0 N–H and O–H groups in total. The third-order valence-electron chi connectivity index (χ3n) is 9.64. The van der Waals surface area contributed by atoms with E-state index < -0.39 is 0 Å². The van der Waals surface area contributed by atoms with Gasteiger partial charge in [-0.1, -0.05) is 84.4 Å². The summed E-state index contributed by atoms with van der Waals surface area (Å²) in [5.74, 6) is 1.82. The number of unbranched alkanes of at least 4 members (excludes halogenated alkanes) is 2. The van der Waals surface area contributed by atoms with Gasteiger partial charge in [0.05, 0.1) is 5.70 Å². The van der Waals surface area contributed by atoms with E-state index in [1.165, 1.54) is 54.7 Å². The number of allylic oxidation sites excluding steroid dienone is 1. The van der Waals surface area contributed by atoms with Crippen LogP contribution in [0.2, 0.25) is 0 Å². The molecule has 1 aromatic rings. The molecule has 0 aliphatic carbocycles. The number of hydrazine groups is 1. The average molecular weight is 603 g/mol. The van der Waals surface area contributed by atoms with E-state index in [0.717, 1.165) is 54.2 Å². The molecule has 3 rings (SSSR count). The first-order valence-electron chi connectivity index (χ1n) is 17.1. The lowest BCUT2D eigenvalue weighted by molar-refractivity contribution is -0.155. The molecule has 0 saturated heterocycles. The summed E-state index contributed by atoms with van der Waals surface area (Å²) in [7, 11) is 3.48. The Morgan fingerprint density at radius 3 is 1.86 bits per heavy atom. The van der Waals surface area contributed by atoms with Gasteiger partial charge in [0.25, 0.3) is 11.8 Å². The van der Waals surface area contributed by atoms with E-state index in [-0.39, 0.29) is 11.8 Å². The number of amides is 2. The number of hydrogen-bond donors (Lipinski definition) is 0. The van der Waals surface area contributed by atoms with Crippen LogP contribution in [0.3, 0.4) is 0 Å². The second kappa shape index (κ2) is 16.4. The first kappa shape index (κ1) is 35.5. The van der Waals surface area contributed by atoms with Crippen LogP contribution in [0, 0.1) is 25.7 Å². The van der Waals surface area contributed by atoms with E-state index in [2.05, 4.69) is 64.6 Å². The minimum Gasteiger partial charge on any atom is -0.359 e. The van der Waals surface area contributed by atoms with Gasteiger partial charge in [-0.15, -0.1) is 0 Å². The third kappa shape index (κ3) is 8.18. The summed E-state index contributed by atoms with van der Waals surface area (Å²) >= 11 is 0. The van der Waals surface area contributed by atoms with Crippen molar-refractivity contribution in [2.45, 2.75) is 113 Å². The molecule has 2 aliphatic heterocycles. The van der Waals surface area contributed by atoms with Crippen molar-refractivity contribution in [2.24, 2.45) is 16.8 Å². The van der Waals surface area contributed by atoms with Gasteiger partial charge in [0.15, 0.2) is 0 Å². The molecule has 0 saturated carbocycles. The molecule has 0 radical (unpaired) electrons. The standard InChI is InChI=1S/C38H58N4O2/c1-11-15-20-30(13-3)24-41(25-31(14-4)21-16-12-2)34-23-32(36(39-34)35-26(5)18-17-19-27(35)6)22-33-28(7)29(8)37(43)42(38(33)44)40(9)10/h17-19,22,30-31H,11-16,20-21,23-25H2,1-10H3/b33-22-. The number of nitrogens with zero attached hydrogens (tertiary/aromatic N) is 4. The molecule has 0 spiro atoms. The molecule has 0 aromatic heterocycles. The number of aliphatic imine (C=N–C) groups is 1. The Hall–Kier alpha value is -2.99. The Kier molecular flexibility index (Phi) is 13.2. The quantitative estimate of drug-likeness (QED) is 0.149. The number of benzene rings is 1. The highest BCUT2D eigenvalue weighted by atomic mass is 16.2. The lowest BCUT2D eigenvalue weighted by atomic mass is 9.91. The molecule has 242 valence electrons. The fourth-order valence-electron chi connectivity index (χ4n) is 6.54. The van der Waals surface area contributed by atoms with Crippen molar-refractivity contribution < 1.29 is 9.59 Å². The molecule has 2 unspecified atom stereocenters. The SMILES string of the molecule is CCCCC(CC)CN(CC(CC)CCCC)C1=NC(c2c(C)cccc2C)=C(/C=C2\C(=O)N(N(C)C)C(=O)C(C)=C2C)C1. The van der Waals surface area contributed by atoms with E-state index in [1.807, 2.05) is 19.9 Å². The zero-order valence-corrected chi connectivity index (χ0v) is 29.3. The van der Waals surface area contributed by atoms with Gasteiger partial charge >= 0.3 is 0 Å². The Morgan fingerprint density at radius 2 is 1.39 bits per heavy atom. The monoisotopic (exact) mass is 602 g/mol. The van der Waals surface area contributed by atoms with Crippen LogP contribution in [-0.4, -0.2) is 59.8 Å². The average Bonchev–Trinajstić information content (AvgIpc) is 3.40. The van der Waals surface area contributed by atoms with Crippen LogP contribution in [0.1, 0.15) is 116 Å². The maximum absolute atomic E-state index is 13.8. The summed E-state index contributed by atoms with van der Waals surface area (Å²) in [6.07, 6.45) is 12.5. The molecule has 1 aromatic carbocycles. The van der Waals surface area contributed by atoms with Crippen molar-refractivity contribution in [3.05, 3.63) is 63.3 Å². The predicted molar refractivity (Wildman–Crippen MR) is 185 cm³/mol. The molecule has 6 nitrogen and oxygen atoms in total. The zero-order chi connectivity index (χ0) is 32.6. The zero-order valence-electron chi connectivity index (χ0n) is 29.3. The Balaban J connectivity index is 2.16. The first-order valence-corrected chi connectivity index (χ1v) is 17.1. The molecule has 2 amide bonds. The molecular weight excluding hydrogens is 544 g/mol. The number of imide groups is 1. The van der Waals surface area contributed by atoms with Crippen LogP contribution < -0.4 is 0 Å². The topological polar surface area (TPSA) is 56.2 Å². The van der Waals surface area contributed by atoms with Crippen molar-refractivity contribution in [3.63, 3.8) is 0 Å². The van der Waals surface area contributed by atoms with Gasteiger partial charge in [0.1, 0.15) is 5.84 Å². The normalized spacial score (nSPS) is 18.2. The lowest BCUT2D eigenvalue weighted by Crippen LogP contribution is -2.49. The number of amidine groups is 1. The van der Waals surface area contributed by atoms with Gasteiger partial charge < -0.3 is 4.90 Å². The number of carbonyl (C=O) groups excluding carboxylic acids is 2. The number of rotatable bonds is 15. The van der Waals surface area contributed by atoms with Crippen molar-refractivity contribution in [1.29, 1.82) is 0 Å². The summed E-state index contributed by atoms with van der Waals surface area (Å²) in [5.41, 5.74) is 7.43. The molecule has 2 aliphatic rings. The number of aryl methyl sites for hydroxylation is 2. The summed E-state index contributed by atoms with van der Waals surface area (Å²) in [6.45, 7) is 19.2. The molecular formula is C38H58N4O2. The summed E-state index contributed by atoms with van der Waals surface area (Å²) in [4.78, 5) is 34.9. The summed E-state index contributed by atoms with van der Waals surface area (Å²) in [6, 6.07) is 6.39. The fraction of sp³-hybridized carbons (Fsp3) is 0.605.